The Morgan fingerprint density at radius 1 is 1.38 bits per heavy atom. The molecular weight excluding hydrogens is 204 g/mol. The minimum Gasteiger partial charge on any atom is -0.508 e. The Kier molecular flexibility index (Phi) is 2.76. The predicted molar refractivity (Wildman–Crippen MR) is 63.4 cm³/mol. The van der Waals surface area contributed by atoms with Gasteiger partial charge in [0.2, 0.25) is 5.96 Å². The number of aliphatic imine (C=N–C) groups is 2. The fourth-order valence-electron chi connectivity index (χ4n) is 1.69. The van der Waals surface area contributed by atoms with E-state index in [9.17, 15) is 5.11 Å². The summed E-state index contributed by atoms with van der Waals surface area (Å²) in [6.45, 7) is 0.552. The van der Waals surface area contributed by atoms with Gasteiger partial charge in [-0.05, 0) is 24.1 Å². The first-order chi connectivity index (χ1) is 7.65. The van der Waals surface area contributed by atoms with E-state index >= 15 is 0 Å². The van der Waals surface area contributed by atoms with Crippen LogP contribution in [0.2, 0.25) is 0 Å². The summed E-state index contributed by atoms with van der Waals surface area (Å²) in [6.07, 6.45) is 0.709. The van der Waals surface area contributed by atoms with Gasteiger partial charge >= 0.3 is 0 Å². The van der Waals surface area contributed by atoms with Crippen LogP contribution in [0.4, 0.5) is 0 Å². The lowest BCUT2D eigenvalue weighted by Crippen LogP contribution is -2.34. The first-order valence-electron chi connectivity index (χ1n) is 5.07. The van der Waals surface area contributed by atoms with Crippen LogP contribution in [0.15, 0.2) is 34.3 Å². The summed E-state index contributed by atoms with van der Waals surface area (Å²) < 4.78 is 0. The third-order valence-corrected chi connectivity index (χ3v) is 2.53. The second kappa shape index (κ2) is 4.22. The quantitative estimate of drug-likeness (QED) is 0.663. The number of phenolic OH excluding ortho intramolecular Hbond substituents is 1. The lowest BCUT2D eigenvalue weighted by Gasteiger charge is -2.17. The van der Waals surface area contributed by atoms with E-state index in [1.54, 1.807) is 18.2 Å². The highest BCUT2D eigenvalue weighted by molar-refractivity contribution is 5.97. The lowest BCUT2D eigenvalue weighted by molar-refractivity contribution is 0.474. The van der Waals surface area contributed by atoms with Crippen molar-refractivity contribution in [2.45, 2.75) is 6.42 Å². The van der Waals surface area contributed by atoms with Crippen molar-refractivity contribution in [3.63, 3.8) is 0 Å². The summed E-state index contributed by atoms with van der Waals surface area (Å²) in [5.41, 5.74) is 12.2. The highest BCUT2D eigenvalue weighted by atomic mass is 16.3. The molecule has 0 saturated carbocycles. The molecule has 1 aliphatic rings. The molecule has 0 saturated heterocycles. The summed E-state index contributed by atoms with van der Waals surface area (Å²) in [4.78, 5) is 7.99. The van der Waals surface area contributed by atoms with Crippen molar-refractivity contribution in [2.75, 3.05) is 6.54 Å². The van der Waals surface area contributed by atoms with Crippen molar-refractivity contribution >= 4 is 11.8 Å². The zero-order valence-electron chi connectivity index (χ0n) is 8.80. The third kappa shape index (κ3) is 2.31. The summed E-state index contributed by atoms with van der Waals surface area (Å²) in [5.74, 6) is 1.07. The van der Waals surface area contributed by atoms with Gasteiger partial charge in [0.1, 0.15) is 11.6 Å². The van der Waals surface area contributed by atoms with Crippen molar-refractivity contribution < 1.29 is 5.11 Å². The average Bonchev–Trinajstić information content (AvgIpc) is 2.22. The molecule has 1 unspecified atom stereocenters. The molecule has 1 aromatic carbocycles. The van der Waals surface area contributed by atoms with E-state index in [1.165, 1.54) is 0 Å². The number of hydrogen-bond donors (Lipinski definition) is 3. The number of aromatic hydroxyl groups is 1. The van der Waals surface area contributed by atoms with Gasteiger partial charge in [0.25, 0.3) is 0 Å². The molecule has 5 N–H and O–H groups in total. The fourth-order valence-corrected chi connectivity index (χ4v) is 1.69. The summed E-state index contributed by atoms with van der Waals surface area (Å²) in [7, 11) is 0. The molecule has 0 amide bonds. The van der Waals surface area contributed by atoms with Crippen LogP contribution in [0.1, 0.15) is 5.56 Å². The number of nitrogens with two attached hydrogens (primary N) is 2. The molecule has 1 aliphatic heterocycles. The maximum atomic E-state index is 9.34. The molecule has 1 heterocycles. The van der Waals surface area contributed by atoms with E-state index in [-0.39, 0.29) is 17.6 Å². The number of guanidine groups is 1. The van der Waals surface area contributed by atoms with Crippen LogP contribution in [0.3, 0.4) is 0 Å². The minimum atomic E-state index is 0.0640. The molecule has 0 aliphatic carbocycles. The zero-order valence-corrected chi connectivity index (χ0v) is 8.80. The Morgan fingerprint density at radius 3 is 2.88 bits per heavy atom. The molecule has 84 valence electrons. The highest BCUT2D eigenvalue weighted by Gasteiger charge is 2.17. The standard InChI is InChI=1S/C11H14N4O/c12-10-8(6-14-11(13)15-10)4-7-2-1-3-9(16)5-7/h1-3,5,8,16H,4,6H2,(H4,12,13,14,15). The molecule has 0 bridgehead atoms. The van der Waals surface area contributed by atoms with Crippen LogP contribution in [0, 0.1) is 5.92 Å². The van der Waals surface area contributed by atoms with E-state index in [2.05, 4.69) is 9.98 Å². The van der Waals surface area contributed by atoms with E-state index in [0.29, 0.717) is 18.8 Å². The second-order valence-electron chi connectivity index (χ2n) is 3.81. The van der Waals surface area contributed by atoms with Crippen molar-refractivity contribution in [3.8, 4) is 5.75 Å². The minimum absolute atomic E-state index is 0.0640. The lowest BCUT2D eigenvalue weighted by atomic mass is 9.97. The second-order valence-corrected chi connectivity index (χ2v) is 3.81. The number of phenols is 1. The Labute approximate surface area is 93.5 Å². The third-order valence-electron chi connectivity index (χ3n) is 2.53. The van der Waals surface area contributed by atoms with E-state index in [1.807, 2.05) is 6.07 Å². The van der Waals surface area contributed by atoms with Gasteiger partial charge in [0, 0.05) is 5.92 Å². The van der Waals surface area contributed by atoms with Crippen LogP contribution < -0.4 is 11.5 Å². The maximum Gasteiger partial charge on any atom is 0.217 e. The molecule has 0 spiro atoms. The number of hydrogen-bond acceptors (Lipinski definition) is 5. The molecule has 1 aromatic rings. The van der Waals surface area contributed by atoms with Crippen LogP contribution in [-0.2, 0) is 6.42 Å². The monoisotopic (exact) mass is 218 g/mol. The average molecular weight is 218 g/mol. The van der Waals surface area contributed by atoms with E-state index < -0.39 is 0 Å². The van der Waals surface area contributed by atoms with Gasteiger partial charge in [-0.25, -0.2) is 4.99 Å². The number of benzene rings is 1. The normalized spacial score (nSPS) is 20.1. The first kappa shape index (κ1) is 10.5. The highest BCUT2D eigenvalue weighted by Crippen LogP contribution is 2.16. The molecule has 2 rings (SSSR count). The van der Waals surface area contributed by atoms with Crippen molar-refractivity contribution in [2.24, 2.45) is 27.4 Å². The Morgan fingerprint density at radius 2 is 2.19 bits per heavy atom. The van der Waals surface area contributed by atoms with Crippen LogP contribution >= 0.6 is 0 Å². The van der Waals surface area contributed by atoms with Gasteiger partial charge < -0.3 is 16.6 Å². The van der Waals surface area contributed by atoms with Crippen molar-refractivity contribution in [1.29, 1.82) is 0 Å². The zero-order chi connectivity index (χ0) is 11.5. The predicted octanol–water partition coefficient (Wildman–Crippen LogP) is 0.236. The summed E-state index contributed by atoms with van der Waals surface area (Å²) >= 11 is 0. The first-order valence-corrected chi connectivity index (χ1v) is 5.07. The number of amidine groups is 1. The van der Waals surface area contributed by atoms with Gasteiger partial charge in [0.05, 0.1) is 6.54 Å². The molecule has 5 heteroatoms. The maximum absolute atomic E-state index is 9.34. The van der Waals surface area contributed by atoms with Crippen molar-refractivity contribution in [1.82, 2.24) is 0 Å². The van der Waals surface area contributed by atoms with E-state index in [4.69, 9.17) is 11.5 Å². The number of nitrogens with zero attached hydrogens (tertiary/aromatic N) is 2. The molecule has 16 heavy (non-hydrogen) atoms. The molecule has 1 atom stereocenters. The smallest absolute Gasteiger partial charge is 0.217 e. The molecular formula is C11H14N4O. The Hall–Kier alpha value is -2.04. The van der Waals surface area contributed by atoms with Crippen LogP contribution in [0.25, 0.3) is 0 Å². The largest absolute Gasteiger partial charge is 0.508 e. The van der Waals surface area contributed by atoms with Crippen LogP contribution in [0.5, 0.6) is 5.75 Å². The molecule has 0 aromatic heterocycles. The SMILES string of the molecule is NC1=NCC(Cc2cccc(O)c2)C(N)=N1. The van der Waals surface area contributed by atoms with Gasteiger partial charge in [-0.3, -0.25) is 4.99 Å². The van der Waals surface area contributed by atoms with Gasteiger partial charge in [-0.15, -0.1) is 0 Å². The molecule has 0 fully saturated rings. The molecule has 0 radical (unpaired) electrons. The topological polar surface area (TPSA) is 97.0 Å². The van der Waals surface area contributed by atoms with Crippen LogP contribution in [-0.4, -0.2) is 23.4 Å². The summed E-state index contributed by atoms with van der Waals surface area (Å²) in [6, 6.07) is 7.10. The Bertz CT molecular complexity index is 453. The molecule has 5 nitrogen and oxygen atoms in total. The van der Waals surface area contributed by atoms with E-state index in [0.717, 1.165) is 5.56 Å². The fraction of sp³-hybridized carbons (Fsp3) is 0.273. The van der Waals surface area contributed by atoms with Gasteiger partial charge in [-0.2, -0.15) is 0 Å². The van der Waals surface area contributed by atoms with Gasteiger partial charge in [0.15, 0.2) is 0 Å². The summed E-state index contributed by atoms with van der Waals surface area (Å²) in [5, 5.41) is 9.34. The van der Waals surface area contributed by atoms with Crippen molar-refractivity contribution in [3.05, 3.63) is 29.8 Å². The Balaban J connectivity index is 2.09. The number of rotatable bonds is 2. The van der Waals surface area contributed by atoms with Gasteiger partial charge in [-0.1, -0.05) is 12.1 Å².